The molecule has 1 fully saturated rings. The van der Waals surface area contributed by atoms with E-state index in [4.69, 9.17) is 11.6 Å². The number of hydrogen-bond donors (Lipinski definition) is 2. The van der Waals surface area contributed by atoms with E-state index in [1.165, 1.54) is 17.5 Å². The zero-order valence-corrected chi connectivity index (χ0v) is 12.2. The average Bonchev–Trinajstić information content (AvgIpc) is 3.16. The summed E-state index contributed by atoms with van der Waals surface area (Å²) < 4.78 is 1.42. The van der Waals surface area contributed by atoms with E-state index in [9.17, 15) is 4.79 Å². The van der Waals surface area contributed by atoms with Gasteiger partial charge in [-0.25, -0.2) is 4.68 Å². The molecule has 1 aromatic rings. The zero-order chi connectivity index (χ0) is 13.8. The van der Waals surface area contributed by atoms with Crippen LogP contribution in [0.3, 0.4) is 0 Å². The Morgan fingerprint density at radius 1 is 1.47 bits per heavy atom. The zero-order valence-electron chi connectivity index (χ0n) is 11.4. The van der Waals surface area contributed by atoms with Crippen molar-refractivity contribution in [2.24, 2.45) is 5.92 Å². The molecule has 0 saturated heterocycles. The lowest BCUT2D eigenvalue weighted by atomic mass is 10.2. The van der Waals surface area contributed by atoms with Gasteiger partial charge in [-0.2, -0.15) is 5.10 Å². The Morgan fingerprint density at radius 3 is 2.84 bits per heavy atom. The minimum absolute atomic E-state index is 0.224. The van der Waals surface area contributed by atoms with E-state index in [0.29, 0.717) is 24.2 Å². The van der Waals surface area contributed by atoms with Crippen molar-refractivity contribution >= 4 is 17.3 Å². The fourth-order valence-corrected chi connectivity index (χ4v) is 2.04. The Hall–Kier alpha value is -1.07. The Bertz CT molecular complexity index is 482. The Kier molecular flexibility index (Phi) is 4.82. The molecule has 0 spiro atoms. The molecule has 0 aromatic carbocycles. The van der Waals surface area contributed by atoms with Gasteiger partial charge in [-0.3, -0.25) is 4.79 Å². The van der Waals surface area contributed by atoms with Crippen LogP contribution in [0.15, 0.2) is 11.0 Å². The maximum Gasteiger partial charge on any atom is 0.287 e. The van der Waals surface area contributed by atoms with Gasteiger partial charge in [0.25, 0.3) is 5.56 Å². The summed E-state index contributed by atoms with van der Waals surface area (Å²) in [6.45, 7) is 6.28. The lowest BCUT2D eigenvalue weighted by molar-refractivity contribution is 0.464. The molecule has 0 unspecified atom stereocenters. The lowest BCUT2D eigenvalue weighted by Gasteiger charge is -2.11. The molecule has 1 heterocycles. The van der Waals surface area contributed by atoms with Gasteiger partial charge in [0.15, 0.2) is 0 Å². The highest BCUT2D eigenvalue weighted by Crippen LogP contribution is 2.18. The molecular formula is C13H21ClN4O. The van der Waals surface area contributed by atoms with Crippen LogP contribution in [0.25, 0.3) is 0 Å². The van der Waals surface area contributed by atoms with E-state index in [2.05, 4.69) is 15.7 Å². The van der Waals surface area contributed by atoms with Crippen LogP contribution in [0.1, 0.15) is 26.7 Å². The number of anilines is 1. The quantitative estimate of drug-likeness (QED) is 0.749. The van der Waals surface area contributed by atoms with Crippen LogP contribution in [0, 0.1) is 5.92 Å². The first-order valence-electron chi connectivity index (χ1n) is 6.81. The second-order valence-electron chi connectivity index (χ2n) is 5.41. The van der Waals surface area contributed by atoms with Crippen molar-refractivity contribution in [2.75, 3.05) is 18.4 Å². The third kappa shape index (κ3) is 4.21. The molecule has 6 heteroatoms. The first-order valence-corrected chi connectivity index (χ1v) is 7.18. The fourth-order valence-electron chi connectivity index (χ4n) is 1.83. The van der Waals surface area contributed by atoms with Crippen LogP contribution in [0.4, 0.5) is 5.69 Å². The fraction of sp³-hybridized carbons (Fsp3) is 0.692. The molecule has 0 radical (unpaired) electrons. The molecule has 0 bridgehead atoms. The Morgan fingerprint density at radius 2 is 2.21 bits per heavy atom. The molecule has 2 rings (SSSR count). The van der Waals surface area contributed by atoms with Crippen molar-refractivity contribution in [3.8, 4) is 0 Å². The van der Waals surface area contributed by atoms with E-state index in [0.717, 1.165) is 13.1 Å². The van der Waals surface area contributed by atoms with E-state index >= 15 is 0 Å². The largest absolute Gasteiger partial charge is 0.381 e. The number of hydrogen-bond acceptors (Lipinski definition) is 4. The second kappa shape index (κ2) is 6.39. The van der Waals surface area contributed by atoms with Crippen molar-refractivity contribution in [1.82, 2.24) is 15.1 Å². The van der Waals surface area contributed by atoms with E-state index < -0.39 is 0 Å². The molecule has 1 aliphatic carbocycles. The van der Waals surface area contributed by atoms with Gasteiger partial charge in [0.05, 0.1) is 11.9 Å². The van der Waals surface area contributed by atoms with Crippen LogP contribution in [0.2, 0.25) is 5.02 Å². The highest BCUT2D eigenvalue weighted by atomic mass is 35.5. The number of nitrogens with zero attached hydrogens (tertiary/aromatic N) is 2. The summed E-state index contributed by atoms with van der Waals surface area (Å²) in [6.07, 6.45) is 4.17. The standard InChI is InChI=1S/C13H21ClN4O/c1-9(2)8-18-13(19)12(14)11(7-17-18)16-6-5-15-10-3-4-10/h7,9-10,15-16H,3-6,8H2,1-2H3. The maximum absolute atomic E-state index is 12.0. The normalized spacial score (nSPS) is 14.9. The lowest BCUT2D eigenvalue weighted by Crippen LogP contribution is -2.28. The van der Waals surface area contributed by atoms with Crippen LogP contribution >= 0.6 is 11.6 Å². The average molecular weight is 285 g/mol. The third-order valence-electron chi connectivity index (χ3n) is 2.97. The molecule has 0 atom stereocenters. The van der Waals surface area contributed by atoms with Gasteiger partial charge in [0.2, 0.25) is 0 Å². The SMILES string of the molecule is CC(C)Cn1ncc(NCCNC2CC2)c(Cl)c1=O. The van der Waals surface area contributed by atoms with Crippen LogP contribution in [-0.2, 0) is 6.54 Å². The first kappa shape index (κ1) is 14.3. The highest BCUT2D eigenvalue weighted by Gasteiger charge is 2.19. The van der Waals surface area contributed by atoms with Gasteiger partial charge in [-0.1, -0.05) is 25.4 Å². The van der Waals surface area contributed by atoms with E-state index in [1.807, 2.05) is 13.8 Å². The molecule has 5 nitrogen and oxygen atoms in total. The summed E-state index contributed by atoms with van der Waals surface area (Å²) in [6, 6.07) is 0.689. The Labute approximate surface area is 118 Å². The van der Waals surface area contributed by atoms with Crippen molar-refractivity contribution < 1.29 is 0 Å². The van der Waals surface area contributed by atoms with Gasteiger partial charge < -0.3 is 10.6 Å². The predicted molar refractivity (Wildman–Crippen MR) is 77.9 cm³/mol. The molecule has 0 aliphatic heterocycles. The summed E-state index contributed by atoms with van der Waals surface area (Å²) in [5.74, 6) is 0.364. The molecular weight excluding hydrogens is 264 g/mol. The predicted octanol–water partition coefficient (Wildman–Crippen LogP) is 1.72. The topological polar surface area (TPSA) is 59.0 Å². The first-order chi connectivity index (χ1) is 9.08. The van der Waals surface area contributed by atoms with Crippen molar-refractivity contribution in [1.29, 1.82) is 0 Å². The van der Waals surface area contributed by atoms with E-state index in [-0.39, 0.29) is 10.6 Å². The minimum Gasteiger partial charge on any atom is -0.381 e. The second-order valence-corrected chi connectivity index (χ2v) is 5.79. The van der Waals surface area contributed by atoms with Gasteiger partial charge in [-0.15, -0.1) is 0 Å². The monoisotopic (exact) mass is 284 g/mol. The third-order valence-corrected chi connectivity index (χ3v) is 3.34. The van der Waals surface area contributed by atoms with Crippen molar-refractivity contribution in [2.45, 2.75) is 39.3 Å². The number of halogens is 1. The smallest absolute Gasteiger partial charge is 0.287 e. The summed E-state index contributed by atoms with van der Waals surface area (Å²) in [5.41, 5.74) is 0.389. The van der Waals surface area contributed by atoms with Crippen LogP contribution < -0.4 is 16.2 Å². The molecule has 1 aliphatic rings. The van der Waals surface area contributed by atoms with Crippen LogP contribution in [-0.4, -0.2) is 28.9 Å². The van der Waals surface area contributed by atoms with Gasteiger partial charge >= 0.3 is 0 Å². The van der Waals surface area contributed by atoms with Crippen LogP contribution in [0.5, 0.6) is 0 Å². The molecule has 106 valence electrons. The van der Waals surface area contributed by atoms with Gasteiger partial charge in [0.1, 0.15) is 5.02 Å². The van der Waals surface area contributed by atoms with Gasteiger partial charge in [0, 0.05) is 25.7 Å². The summed E-state index contributed by atoms with van der Waals surface area (Å²) in [7, 11) is 0. The van der Waals surface area contributed by atoms with Crippen molar-refractivity contribution in [3.63, 3.8) is 0 Å². The summed E-state index contributed by atoms with van der Waals surface area (Å²) >= 11 is 6.08. The number of rotatable bonds is 7. The molecule has 19 heavy (non-hydrogen) atoms. The van der Waals surface area contributed by atoms with E-state index in [1.54, 1.807) is 6.20 Å². The molecule has 1 saturated carbocycles. The highest BCUT2D eigenvalue weighted by molar-refractivity contribution is 6.32. The molecule has 2 N–H and O–H groups in total. The summed E-state index contributed by atoms with van der Waals surface area (Å²) in [4.78, 5) is 12.0. The molecule has 1 aromatic heterocycles. The summed E-state index contributed by atoms with van der Waals surface area (Å²) in [5, 5.41) is 10.9. The van der Waals surface area contributed by atoms with Crippen molar-refractivity contribution in [3.05, 3.63) is 21.6 Å². The maximum atomic E-state index is 12.0. The number of nitrogens with one attached hydrogen (secondary N) is 2. The molecule has 0 amide bonds. The Balaban J connectivity index is 1.92. The minimum atomic E-state index is -0.226. The number of aromatic nitrogens is 2. The van der Waals surface area contributed by atoms with Gasteiger partial charge in [-0.05, 0) is 18.8 Å².